The van der Waals surface area contributed by atoms with Gasteiger partial charge in [-0.15, -0.1) is 0 Å². The highest BCUT2D eigenvalue weighted by molar-refractivity contribution is 9.10. The highest BCUT2D eigenvalue weighted by atomic mass is 79.9. The van der Waals surface area contributed by atoms with Gasteiger partial charge in [-0.05, 0) is 60.5 Å². The molecule has 2 aliphatic heterocycles. The summed E-state index contributed by atoms with van der Waals surface area (Å²) in [5.41, 5.74) is 1.45. The molecule has 9 nitrogen and oxygen atoms in total. The molecule has 2 aromatic carbocycles. The van der Waals surface area contributed by atoms with Crippen LogP contribution in [0.25, 0.3) is 0 Å². The Labute approximate surface area is 236 Å². The van der Waals surface area contributed by atoms with E-state index in [9.17, 15) is 9.59 Å². The fourth-order valence-electron chi connectivity index (χ4n) is 4.68. The Bertz CT molecular complexity index is 1240. The minimum absolute atomic E-state index is 0.0384. The van der Waals surface area contributed by atoms with Crippen LogP contribution in [0.5, 0.6) is 11.5 Å². The van der Waals surface area contributed by atoms with E-state index < -0.39 is 0 Å². The van der Waals surface area contributed by atoms with Crippen LogP contribution in [0.15, 0.2) is 69.8 Å². The maximum atomic E-state index is 13.8. The topological polar surface area (TPSA) is 84.7 Å². The molecule has 2 aliphatic rings. The van der Waals surface area contributed by atoms with Crippen molar-refractivity contribution in [2.75, 3.05) is 52.7 Å². The van der Waals surface area contributed by atoms with E-state index in [1.807, 2.05) is 36.4 Å². The SMILES string of the molecule is O=C(CN(CCCN1CCOCC1)C(=O)c1ccc(Br)cc1)N(Cc1ccc2c(c1)OCO2)Cc1ccco1. The van der Waals surface area contributed by atoms with Crippen molar-refractivity contribution in [3.8, 4) is 11.5 Å². The molecule has 0 spiro atoms. The lowest BCUT2D eigenvalue weighted by atomic mass is 10.1. The third kappa shape index (κ3) is 7.40. The van der Waals surface area contributed by atoms with Gasteiger partial charge in [0.15, 0.2) is 11.5 Å². The summed E-state index contributed by atoms with van der Waals surface area (Å²) in [6, 6.07) is 16.5. The van der Waals surface area contributed by atoms with E-state index in [4.69, 9.17) is 18.6 Å². The van der Waals surface area contributed by atoms with Crippen LogP contribution in [0, 0.1) is 0 Å². The Balaban J connectivity index is 1.31. The summed E-state index contributed by atoms with van der Waals surface area (Å²) in [5, 5.41) is 0. The van der Waals surface area contributed by atoms with Gasteiger partial charge in [0.2, 0.25) is 12.7 Å². The number of ether oxygens (including phenoxy) is 3. The molecule has 0 unspecified atom stereocenters. The molecule has 0 aliphatic carbocycles. The summed E-state index contributed by atoms with van der Waals surface area (Å²) in [4.78, 5) is 33.0. The summed E-state index contributed by atoms with van der Waals surface area (Å²) in [6.45, 7) is 5.29. The maximum absolute atomic E-state index is 13.8. The fourth-order valence-corrected chi connectivity index (χ4v) is 4.95. The third-order valence-corrected chi connectivity index (χ3v) is 7.33. The molecule has 206 valence electrons. The standard InChI is InChI=1S/C29H32BrN3O6/c30-24-7-5-23(6-8-24)29(35)32(11-2-10-31-12-15-36-16-13-31)20-28(34)33(19-25-3-1-14-37-25)18-22-4-9-26-27(17-22)39-21-38-26/h1,3-9,14,17H,2,10-13,15-16,18-21H2. The minimum Gasteiger partial charge on any atom is -0.467 e. The van der Waals surface area contributed by atoms with Crippen LogP contribution in [-0.4, -0.2) is 79.2 Å². The van der Waals surface area contributed by atoms with E-state index in [1.165, 1.54) is 0 Å². The first kappa shape index (κ1) is 27.2. The van der Waals surface area contributed by atoms with E-state index in [0.29, 0.717) is 35.9 Å². The predicted octanol–water partition coefficient (Wildman–Crippen LogP) is 4.16. The molecular weight excluding hydrogens is 566 g/mol. The van der Waals surface area contributed by atoms with Gasteiger partial charge in [0.1, 0.15) is 12.3 Å². The highest BCUT2D eigenvalue weighted by Crippen LogP contribution is 2.33. The van der Waals surface area contributed by atoms with Crippen LogP contribution in [0.2, 0.25) is 0 Å². The largest absolute Gasteiger partial charge is 0.467 e. The molecule has 0 radical (unpaired) electrons. The Kier molecular flexibility index (Phi) is 9.18. The van der Waals surface area contributed by atoms with E-state index in [1.54, 1.807) is 34.3 Å². The predicted molar refractivity (Wildman–Crippen MR) is 147 cm³/mol. The van der Waals surface area contributed by atoms with Crippen molar-refractivity contribution in [3.63, 3.8) is 0 Å². The van der Waals surface area contributed by atoms with Crippen LogP contribution in [-0.2, 0) is 22.6 Å². The Hall–Kier alpha value is -3.34. The minimum atomic E-state index is -0.168. The summed E-state index contributed by atoms with van der Waals surface area (Å²) < 4.78 is 22.8. The number of nitrogens with zero attached hydrogens (tertiary/aromatic N) is 3. The number of rotatable bonds is 11. The second-order valence-corrected chi connectivity index (χ2v) is 10.5. The molecule has 2 amide bonds. The molecule has 0 atom stereocenters. The zero-order valence-corrected chi connectivity index (χ0v) is 23.3. The van der Waals surface area contributed by atoms with Gasteiger partial charge in [-0.25, -0.2) is 0 Å². The second kappa shape index (κ2) is 13.1. The molecule has 0 bridgehead atoms. The van der Waals surface area contributed by atoms with Gasteiger partial charge in [0, 0.05) is 42.8 Å². The quantitative estimate of drug-likeness (QED) is 0.328. The molecule has 0 saturated carbocycles. The van der Waals surface area contributed by atoms with Crippen molar-refractivity contribution in [3.05, 3.63) is 82.2 Å². The van der Waals surface area contributed by atoms with E-state index >= 15 is 0 Å². The van der Waals surface area contributed by atoms with Gasteiger partial charge >= 0.3 is 0 Å². The van der Waals surface area contributed by atoms with Gasteiger partial charge in [-0.1, -0.05) is 22.0 Å². The molecule has 39 heavy (non-hydrogen) atoms. The van der Waals surface area contributed by atoms with Gasteiger partial charge < -0.3 is 28.4 Å². The van der Waals surface area contributed by atoms with Crippen molar-refractivity contribution in [1.29, 1.82) is 0 Å². The van der Waals surface area contributed by atoms with Crippen LogP contribution < -0.4 is 9.47 Å². The Morgan fingerprint density at radius 2 is 1.72 bits per heavy atom. The molecule has 3 heterocycles. The molecule has 0 N–H and O–H groups in total. The van der Waals surface area contributed by atoms with Crippen LogP contribution in [0.3, 0.4) is 0 Å². The van der Waals surface area contributed by atoms with Crippen molar-refractivity contribution >= 4 is 27.7 Å². The summed E-state index contributed by atoms with van der Waals surface area (Å²) in [6.07, 6.45) is 2.35. The van der Waals surface area contributed by atoms with E-state index in [2.05, 4.69) is 20.8 Å². The number of morpholine rings is 1. The monoisotopic (exact) mass is 597 g/mol. The number of amides is 2. The number of furan rings is 1. The number of hydrogen-bond acceptors (Lipinski definition) is 7. The Morgan fingerprint density at radius 3 is 2.49 bits per heavy atom. The number of hydrogen-bond donors (Lipinski definition) is 0. The van der Waals surface area contributed by atoms with Gasteiger partial charge in [-0.2, -0.15) is 0 Å². The zero-order valence-electron chi connectivity index (χ0n) is 21.7. The lowest BCUT2D eigenvalue weighted by molar-refractivity contribution is -0.133. The smallest absolute Gasteiger partial charge is 0.254 e. The first-order valence-electron chi connectivity index (χ1n) is 13.1. The van der Waals surface area contributed by atoms with E-state index in [0.717, 1.165) is 49.3 Å². The first-order chi connectivity index (χ1) is 19.0. The molecule has 1 saturated heterocycles. The average Bonchev–Trinajstić information content (AvgIpc) is 3.65. The van der Waals surface area contributed by atoms with Gasteiger partial charge in [0.05, 0.1) is 26.0 Å². The fraction of sp³-hybridized carbons (Fsp3) is 0.379. The average molecular weight is 598 g/mol. The summed E-state index contributed by atoms with van der Waals surface area (Å²) in [7, 11) is 0. The lowest BCUT2D eigenvalue weighted by Crippen LogP contribution is -2.44. The molecule has 3 aromatic rings. The normalized spacial score (nSPS) is 14.8. The number of benzene rings is 2. The molecule has 5 rings (SSSR count). The maximum Gasteiger partial charge on any atom is 0.254 e. The van der Waals surface area contributed by atoms with Gasteiger partial charge in [-0.3, -0.25) is 14.5 Å². The molecular formula is C29H32BrN3O6. The second-order valence-electron chi connectivity index (χ2n) is 9.56. The van der Waals surface area contributed by atoms with Crippen LogP contribution in [0.1, 0.15) is 28.1 Å². The van der Waals surface area contributed by atoms with Gasteiger partial charge in [0.25, 0.3) is 5.91 Å². The number of halogens is 1. The Morgan fingerprint density at radius 1 is 0.923 bits per heavy atom. The molecule has 1 fully saturated rings. The lowest BCUT2D eigenvalue weighted by Gasteiger charge is -2.30. The number of carbonyl (C=O) groups is 2. The number of fused-ring (bicyclic) bond motifs is 1. The van der Waals surface area contributed by atoms with E-state index in [-0.39, 0.29) is 31.7 Å². The van der Waals surface area contributed by atoms with Crippen molar-refractivity contribution < 1.29 is 28.2 Å². The van der Waals surface area contributed by atoms with Crippen molar-refractivity contribution in [2.24, 2.45) is 0 Å². The van der Waals surface area contributed by atoms with Crippen molar-refractivity contribution in [1.82, 2.24) is 14.7 Å². The molecule has 1 aromatic heterocycles. The summed E-state index contributed by atoms with van der Waals surface area (Å²) in [5.74, 6) is 1.68. The van der Waals surface area contributed by atoms with Crippen LogP contribution in [0.4, 0.5) is 0 Å². The van der Waals surface area contributed by atoms with Crippen molar-refractivity contribution in [2.45, 2.75) is 19.5 Å². The summed E-state index contributed by atoms with van der Waals surface area (Å²) >= 11 is 3.43. The number of carbonyl (C=O) groups excluding carboxylic acids is 2. The zero-order chi connectivity index (χ0) is 27.0. The highest BCUT2D eigenvalue weighted by Gasteiger charge is 2.24. The van der Waals surface area contributed by atoms with Crippen LogP contribution >= 0.6 is 15.9 Å². The third-order valence-electron chi connectivity index (χ3n) is 6.80. The first-order valence-corrected chi connectivity index (χ1v) is 13.9. The molecule has 10 heteroatoms.